The van der Waals surface area contributed by atoms with Gasteiger partial charge < -0.3 is 4.90 Å². The summed E-state index contributed by atoms with van der Waals surface area (Å²) >= 11 is 0. The highest BCUT2D eigenvalue weighted by atomic mass is 15.1. The molecule has 158 valence electrons. The van der Waals surface area contributed by atoms with Gasteiger partial charge in [-0.05, 0) is 75.4 Å². The van der Waals surface area contributed by atoms with Crippen molar-refractivity contribution >= 4 is 17.0 Å². The topological polar surface area (TPSA) is 6.25 Å². The largest absolute Gasteiger partial charge is 0.372 e. The van der Waals surface area contributed by atoms with Crippen LogP contribution in [0.2, 0.25) is 0 Å². The third-order valence-corrected chi connectivity index (χ3v) is 6.21. The van der Waals surface area contributed by atoms with Gasteiger partial charge in [-0.1, -0.05) is 48.0 Å². The fourth-order valence-electron chi connectivity index (χ4n) is 4.49. The third kappa shape index (κ3) is 4.92. The molecule has 0 radical (unpaired) electrons. The van der Waals surface area contributed by atoms with Gasteiger partial charge in [-0.2, -0.15) is 0 Å². The van der Waals surface area contributed by atoms with E-state index in [0.717, 1.165) is 39.0 Å². The SMILES string of the molecule is CCN(CC)c1ccc(/C(=C2/C=CC(=[N+](CC)CC)CC2)c2cccc(C)c2)cc1. The summed E-state index contributed by atoms with van der Waals surface area (Å²) in [7, 11) is 0. The summed E-state index contributed by atoms with van der Waals surface area (Å²) in [4.78, 5) is 2.40. The van der Waals surface area contributed by atoms with Crippen LogP contribution in [0.15, 0.2) is 66.3 Å². The number of hydrogen-bond acceptors (Lipinski definition) is 1. The Morgan fingerprint density at radius 1 is 0.833 bits per heavy atom. The van der Waals surface area contributed by atoms with Gasteiger partial charge in [-0.15, -0.1) is 0 Å². The second kappa shape index (κ2) is 10.4. The first-order chi connectivity index (χ1) is 14.6. The Labute approximate surface area is 183 Å². The fraction of sp³-hybridized carbons (Fsp3) is 0.393. The molecule has 0 heterocycles. The summed E-state index contributed by atoms with van der Waals surface area (Å²) in [6.07, 6.45) is 6.89. The van der Waals surface area contributed by atoms with E-state index in [1.54, 1.807) is 0 Å². The molecule has 0 N–H and O–H groups in total. The zero-order valence-electron chi connectivity index (χ0n) is 19.4. The Kier molecular flexibility index (Phi) is 7.68. The molecule has 0 aromatic heterocycles. The number of allylic oxidation sites excluding steroid dienone is 3. The Morgan fingerprint density at radius 2 is 1.53 bits per heavy atom. The van der Waals surface area contributed by atoms with Crippen molar-refractivity contribution in [3.8, 4) is 0 Å². The maximum absolute atomic E-state index is 2.47. The molecule has 0 atom stereocenters. The van der Waals surface area contributed by atoms with Crippen LogP contribution in [-0.2, 0) is 0 Å². The predicted octanol–water partition coefficient (Wildman–Crippen LogP) is 6.49. The lowest BCUT2D eigenvalue weighted by Gasteiger charge is -2.22. The highest BCUT2D eigenvalue weighted by molar-refractivity contribution is 5.95. The monoisotopic (exact) mass is 401 g/mol. The van der Waals surface area contributed by atoms with Crippen molar-refractivity contribution in [2.75, 3.05) is 31.1 Å². The van der Waals surface area contributed by atoms with Crippen LogP contribution in [0.3, 0.4) is 0 Å². The third-order valence-electron chi connectivity index (χ3n) is 6.21. The Morgan fingerprint density at radius 3 is 2.07 bits per heavy atom. The molecule has 2 aromatic rings. The number of hydrogen-bond donors (Lipinski definition) is 0. The Hall–Kier alpha value is -2.61. The number of aryl methyl sites for hydroxylation is 1. The Bertz CT molecular complexity index is 935. The molecule has 2 aromatic carbocycles. The van der Waals surface area contributed by atoms with Crippen LogP contribution >= 0.6 is 0 Å². The first-order valence-electron chi connectivity index (χ1n) is 11.6. The molecular formula is C28H37N2+. The molecule has 0 spiro atoms. The van der Waals surface area contributed by atoms with E-state index in [4.69, 9.17) is 0 Å². The molecule has 1 aliphatic rings. The maximum atomic E-state index is 2.47. The molecule has 0 bridgehead atoms. The van der Waals surface area contributed by atoms with Crippen molar-refractivity contribution < 1.29 is 4.58 Å². The molecule has 0 aliphatic heterocycles. The summed E-state index contributed by atoms with van der Waals surface area (Å²) in [5, 5.41) is 0. The quantitative estimate of drug-likeness (QED) is 0.481. The van der Waals surface area contributed by atoms with Crippen molar-refractivity contribution in [1.29, 1.82) is 0 Å². The summed E-state index contributed by atoms with van der Waals surface area (Å²) in [5.41, 5.74) is 9.50. The van der Waals surface area contributed by atoms with Crippen LogP contribution in [0.25, 0.3) is 5.57 Å². The van der Waals surface area contributed by atoms with E-state index >= 15 is 0 Å². The minimum absolute atomic E-state index is 1.04. The summed E-state index contributed by atoms with van der Waals surface area (Å²) < 4.78 is 2.47. The molecule has 0 fully saturated rings. The van der Waals surface area contributed by atoms with Crippen LogP contribution in [0, 0.1) is 6.92 Å². The fourth-order valence-corrected chi connectivity index (χ4v) is 4.49. The predicted molar refractivity (Wildman–Crippen MR) is 132 cm³/mol. The van der Waals surface area contributed by atoms with E-state index in [1.807, 2.05) is 0 Å². The van der Waals surface area contributed by atoms with Crippen molar-refractivity contribution in [3.05, 3.63) is 82.9 Å². The van der Waals surface area contributed by atoms with Gasteiger partial charge in [-0.3, -0.25) is 0 Å². The molecule has 0 saturated heterocycles. The highest BCUT2D eigenvalue weighted by Crippen LogP contribution is 2.33. The van der Waals surface area contributed by atoms with E-state index < -0.39 is 0 Å². The van der Waals surface area contributed by atoms with Crippen LogP contribution < -0.4 is 4.90 Å². The zero-order valence-corrected chi connectivity index (χ0v) is 19.4. The van der Waals surface area contributed by atoms with Crippen LogP contribution in [-0.4, -0.2) is 36.5 Å². The lowest BCUT2D eigenvalue weighted by atomic mass is 9.87. The second-order valence-electron chi connectivity index (χ2n) is 7.99. The molecule has 0 amide bonds. The lowest BCUT2D eigenvalue weighted by molar-refractivity contribution is -0.521. The van der Waals surface area contributed by atoms with Crippen molar-refractivity contribution in [2.45, 2.75) is 47.5 Å². The highest BCUT2D eigenvalue weighted by Gasteiger charge is 2.18. The molecule has 2 heteroatoms. The lowest BCUT2D eigenvalue weighted by Crippen LogP contribution is -2.21. The molecular weight excluding hydrogens is 364 g/mol. The van der Waals surface area contributed by atoms with Gasteiger partial charge in [-0.25, -0.2) is 4.58 Å². The average molecular weight is 402 g/mol. The van der Waals surface area contributed by atoms with Gasteiger partial charge >= 0.3 is 0 Å². The number of anilines is 1. The molecule has 30 heavy (non-hydrogen) atoms. The number of rotatable bonds is 7. The summed E-state index contributed by atoms with van der Waals surface area (Å²) in [5.74, 6) is 0. The van der Waals surface area contributed by atoms with E-state index in [1.165, 1.54) is 39.2 Å². The van der Waals surface area contributed by atoms with Gasteiger partial charge in [0.05, 0.1) is 0 Å². The normalized spacial score (nSPS) is 15.3. The van der Waals surface area contributed by atoms with Crippen LogP contribution in [0.1, 0.15) is 57.2 Å². The molecule has 0 saturated carbocycles. The van der Waals surface area contributed by atoms with Gasteiger partial charge in [0.15, 0.2) is 5.71 Å². The minimum atomic E-state index is 1.04. The van der Waals surface area contributed by atoms with E-state index in [0.29, 0.717) is 0 Å². The molecule has 3 rings (SSSR count). The number of nitrogens with zero attached hydrogens (tertiary/aromatic N) is 2. The zero-order chi connectivity index (χ0) is 21.5. The van der Waals surface area contributed by atoms with Crippen molar-refractivity contribution in [3.63, 3.8) is 0 Å². The molecule has 1 aliphatic carbocycles. The minimum Gasteiger partial charge on any atom is -0.372 e. The van der Waals surface area contributed by atoms with Crippen LogP contribution in [0.5, 0.6) is 0 Å². The first kappa shape index (κ1) is 22.1. The van der Waals surface area contributed by atoms with Gasteiger partial charge in [0.2, 0.25) is 0 Å². The molecule has 2 nitrogen and oxygen atoms in total. The summed E-state index contributed by atoms with van der Waals surface area (Å²) in [6, 6.07) is 18.1. The van der Waals surface area contributed by atoms with E-state index in [9.17, 15) is 0 Å². The van der Waals surface area contributed by atoms with Gasteiger partial charge in [0.25, 0.3) is 0 Å². The molecule has 0 unspecified atom stereocenters. The summed E-state index contributed by atoms with van der Waals surface area (Å²) in [6.45, 7) is 15.3. The second-order valence-corrected chi connectivity index (χ2v) is 7.99. The van der Waals surface area contributed by atoms with Gasteiger partial charge in [0.1, 0.15) is 13.1 Å². The van der Waals surface area contributed by atoms with E-state index in [2.05, 4.69) is 105 Å². The van der Waals surface area contributed by atoms with Gasteiger partial charge in [0, 0.05) is 31.3 Å². The first-order valence-corrected chi connectivity index (χ1v) is 11.6. The van der Waals surface area contributed by atoms with E-state index in [-0.39, 0.29) is 0 Å². The smallest absolute Gasteiger partial charge is 0.176 e. The number of benzene rings is 2. The average Bonchev–Trinajstić information content (AvgIpc) is 2.78. The van der Waals surface area contributed by atoms with Crippen molar-refractivity contribution in [2.24, 2.45) is 0 Å². The van der Waals surface area contributed by atoms with Crippen LogP contribution in [0.4, 0.5) is 5.69 Å². The maximum Gasteiger partial charge on any atom is 0.176 e. The Balaban J connectivity index is 2.08. The standard InChI is InChI=1S/C28H37N2/c1-6-29(7-2)26-17-13-23(14-18-26)28(25-12-10-11-22(5)21-25)24-15-19-27(20-16-24)30(8-3)9-4/h10-15,17-19,21H,6-9,16,20H2,1-5H3/q+1. The van der Waals surface area contributed by atoms with Crippen molar-refractivity contribution in [1.82, 2.24) is 0 Å².